The van der Waals surface area contributed by atoms with Crippen LogP contribution in [0, 0.1) is 0 Å². The monoisotopic (exact) mass is 336 g/mol. The van der Waals surface area contributed by atoms with E-state index >= 15 is 0 Å². The molecule has 0 aliphatic rings. The highest BCUT2D eigenvalue weighted by molar-refractivity contribution is 9.10. The van der Waals surface area contributed by atoms with Gasteiger partial charge in [-0.15, -0.1) is 0 Å². The minimum absolute atomic E-state index is 0.235. The lowest BCUT2D eigenvalue weighted by Crippen LogP contribution is -2.23. The molecular formula is C12H14BrClO4. The standard InChI is InChI=1S/C12H14BrClO4/c1-2-18-11(16)6-10(15)12(17)8-5-7(13)3-4-9(8)14/h3-5,10,12,15,17H,2,6H2,1H3. The van der Waals surface area contributed by atoms with E-state index < -0.39 is 18.2 Å². The lowest BCUT2D eigenvalue weighted by molar-refractivity contribution is -0.147. The molecule has 100 valence electrons. The highest BCUT2D eigenvalue weighted by Crippen LogP contribution is 2.29. The lowest BCUT2D eigenvalue weighted by Gasteiger charge is -2.18. The maximum absolute atomic E-state index is 11.2. The summed E-state index contributed by atoms with van der Waals surface area (Å²) in [5.74, 6) is -0.560. The average molecular weight is 338 g/mol. The third-order valence-electron chi connectivity index (χ3n) is 2.32. The first-order valence-electron chi connectivity index (χ1n) is 5.42. The second-order valence-corrected chi connectivity index (χ2v) is 5.01. The Labute approximate surface area is 119 Å². The Bertz CT molecular complexity index is 425. The van der Waals surface area contributed by atoms with Gasteiger partial charge >= 0.3 is 5.97 Å². The van der Waals surface area contributed by atoms with E-state index in [1.54, 1.807) is 25.1 Å². The molecule has 0 aliphatic heterocycles. The highest BCUT2D eigenvalue weighted by Gasteiger charge is 2.24. The van der Waals surface area contributed by atoms with Crippen molar-refractivity contribution in [1.29, 1.82) is 0 Å². The number of ether oxygens (including phenoxy) is 1. The van der Waals surface area contributed by atoms with E-state index in [1.165, 1.54) is 0 Å². The zero-order chi connectivity index (χ0) is 13.7. The predicted molar refractivity (Wildman–Crippen MR) is 71.4 cm³/mol. The normalized spacial score (nSPS) is 14.1. The number of rotatable bonds is 5. The van der Waals surface area contributed by atoms with Crippen molar-refractivity contribution in [3.05, 3.63) is 33.3 Å². The fourth-order valence-corrected chi connectivity index (χ4v) is 2.06. The van der Waals surface area contributed by atoms with Gasteiger partial charge < -0.3 is 14.9 Å². The Morgan fingerprint density at radius 3 is 2.78 bits per heavy atom. The van der Waals surface area contributed by atoms with Crippen LogP contribution < -0.4 is 0 Å². The Kier molecular flexibility index (Phi) is 6.08. The van der Waals surface area contributed by atoms with Crippen molar-refractivity contribution in [2.45, 2.75) is 25.6 Å². The Morgan fingerprint density at radius 1 is 1.50 bits per heavy atom. The maximum Gasteiger partial charge on any atom is 0.308 e. The second-order valence-electron chi connectivity index (χ2n) is 3.69. The van der Waals surface area contributed by atoms with Gasteiger partial charge in [-0.05, 0) is 25.1 Å². The van der Waals surface area contributed by atoms with Crippen LogP contribution in [0.15, 0.2) is 22.7 Å². The van der Waals surface area contributed by atoms with Gasteiger partial charge in [0.05, 0.1) is 19.1 Å². The van der Waals surface area contributed by atoms with Crippen LogP contribution in [0.5, 0.6) is 0 Å². The smallest absolute Gasteiger partial charge is 0.308 e. The molecule has 0 saturated carbocycles. The minimum Gasteiger partial charge on any atom is -0.466 e. The molecule has 1 aromatic carbocycles. The quantitative estimate of drug-likeness (QED) is 0.810. The van der Waals surface area contributed by atoms with Gasteiger partial charge in [0, 0.05) is 15.1 Å². The van der Waals surface area contributed by atoms with Crippen LogP contribution in [-0.4, -0.2) is 28.9 Å². The van der Waals surface area contributed by atoms with Gasteiger partial charge in [0.2, 0.25) is 0 Å². The molecule has 1 aromatic rings. The summed E-state index contributed by atoms with van der Waals surface area (Å²) in [5, 5.41) is 20.0. The molecule has 18 heavy (non-hydrogen) atoms. The number of carbonyl (C=O) groups excluding carboxylic acids is 1. The van der Waals surface area contributed by atoms with Crippen molar-refractivity contribution in [2.24, 2.45) is 0 Å². The zero-order valence-electron chi connectivity index (χ0n) is 9.77. The topological polar surface area (TPSA) is 66.8 Å². The fraction of sp³-hybridized carbons (Fsp3) is 0.417. The predicted octanol–water partition coefficient (Wildman–Crippen LogP) is 2.45. The molecule has 0 amide bonds. The van der Waals surface area contributed by atoms with Crippen LogP contribution in [0.3, 0.4) is 0 Å². The summed E-state index contributed by atoms with van der Waals surface area (Å²) < 4.78 is 5.43. The van der Waals surface area contributed by atoms with Crippen molar-refractivity contribution < 1.29 is 19.7 Å². The third-order valence-corrected chi connectivity index (χ3v) is 3.16. The van der Waals surface area contributed by atoms with Gasteiger partial charge in [-0.1, -0.05) is 27.5 Å². The molecule has 0 radical (unpaired) electrons. The zero-order valence-corrected chi connectivity index (χ0v) is 12.1. The summed E-state index contributed by atoms with van der Waals surface area (Å²) in [6, 6.07) is 4.92. The van der Waals surface area contributed by atoms with Crippen LogP contribution >= 0.6 is 27.5 Å². The van der Waals surface area contributed by atoms with E-state index in [0.29, 0.717) is 10.6 Å². The fourth-order valence-electron chi connectivity index (χ4n) is 1.45. The summed E-state index contributed by atoms with van der Waals surface area (Å²) in [6.07, 6.45) is -2.77. The van der Waals surface area contributed by atoms with Crippen LogP contribution in [0.4, 0.5) is 0 Å². The summed E-state index contributed by atoms with van der Waals surface area (Å²) in [4.78, 5) is 11.2. The molecule has 6 heteroatoms. The first-order chi connectivity index (χ1) is 8.45. The summed E-state index contributed by atoms with van der Waals surface area (Å²) in [6.45, 7) is 1.91. The summed E-state index contributed by atoms with van der Waals surface area (Å²) in [5.41, 5.74) is 0.364. The van der Waals surface area contributed by atoms with Crippen molar-refractivity contribution in [1.82, 2.24) is 0 Å². The van der Waals surface area contributed by atoms with E-state index in [1.807, 2.05) is 0 Å². The molecule has 1 rings (SSSR count). The van der Waals surface area contributed by atoms with Gasteiger partial charge in [-0.25, -0.2) is 0 Å². The molecule has 4 nitrogen and oxygen atoms in total. The molecular weight excluding hydrogens is 323 g/mol. The SMILES string of the molecule is CCOC(=O)CC(O)C(O)c1cc(Br)ccc1Cl. The van der Waals surface area contributed by atoms with Gasteiger partial charge in [0.25, 0.3) is 0 Å². The Morgan fingerprint density at radius 2 is 2.17 bits per heavy atom. The molecule has 2 N–H and O–H groups in total. The molecule has 0 bridgehead atoms. The number of carbonyl (C=O) groups is 1. The van der Waals surface area contributed by atoms with Gasteiger partial charge in [0.1, 0.15) is 6.10 Å². The van der Waals surface area contributed by atoms with Crippen molar-refractivity contribution >= 4 is 33.5 Å². The number of halogens is 2. The Balaban J connectivity index is 2.76. The third kappa shape index (κ3) is 4.24. The number of aliphatic hydroxyl groups excluding tert-OH is 2. The summed E-state index contributed by atoms with van der Waals surface area (Å²) in [7, 11) is 0. The van der Waals surface area contributed by atoms with Gasteiger partial charge in [-0.3, -0.25) is 4.79 Å². The second kappa shape index (κ2) is 7.09. The number of hydrogen-bond donors (Lipinski definition) is 2. The van der Waals surface area contributed by atoms with Crippen LogP contribution in [0.2, 0.25) is 5.02 Å². The van der Waals surface area contributed by atoms with E-state index in [2.05, 4.69) is 15.9 Å². The van der Waals surface area contributed by atoms with Crippen LogP contribution in [0.1, 0.15) is 25.0 Å². The average Bonchev–Trinajstić information content (AvgIpc) is 2.31. The molecule has 0 saturated heterocycles. The largest absolute Gasteiger partial charge is 0.466 e. The first kappa shape index (κ1) is 15.4. The van der Waals surface area contributed by atoms with E-state index in [4.69, 9.17) is 16.3 Å². The summed E-state index contributed by atoms with van der Waals surface area (Å²) >= 11 is 9.17. The molecule has 0 spiro atoms. The van der Waals surface area contributed by atoms with E-state index in [0.717, 1.165) is 4.47 Å². The van der Waals surface area contributed by atoms with E-state index in [-0.39, 0.29) is 13.0 Å². The molecule has 0 aliphatic carbocycles. The van der Waals surface area contributed by atoms with Crippen molar-refractivity contribution in [2.75, 3.05) is 6.61 Å². The first-order valence-corrected chi connectivity index (χ1v) is 6.59. The van der Waals surface area contributed by atoms with Crippen molar-refractivity contribution in [3.8, 4) is 0 Å². The number of hydrogen-bond acceptors (Lipinski definition) is 4. The van der Waals surface area contributed by atoms with Crippen LogP contribution in [0.25, 0.3) is 0 Å². The maximum atomic E-state index is 11.2. The van der Waals surface area contributed by atoms with Gasteiger partial charge in [0.15, 0.2) is 0 Å². The molecule has 2 unspecified atom stereocenters. The van der Waals surface area contributed by atoms with Crippen molar-refractivity contribution in [3.63, 3.8) is 0 Å². The van der Waals surface area contributed by atoms with Gasteiger partial charge in [-0.2, -0.15) is 0 Å². The Hall–Kier alpha value is -0.620. The number of aliphatic hydroxyl groups is 2. The number of esters is 1. The van der Waals surface area contributed by atoms with Crippen LogP contribution in [-0.2, 0) is 9.53 Å². The minimum atomic E-state index is -1.25. The highest BCUT2D eigenvalue weighted by atomic mass is 79.9. The van der Waals surface area contributed by atoms with E-state index in [9.17, 15) is 15.0 Å². The molecule has 0 aromatic heterocycles. The molecule has 0 heterocycles. The lowest BCUT2D eigenvalue weighted by atomic mass is 10.0. The molecule has 2 atom stereocenters. The number of benzene rings is 1. The molecule has 0 fully saturated rings.